The molecule has 1 heterocycles. The van der Waals surface area contributed by atoms with Gasteiger partial charge in [0, 0.05) is 6.54 Å². The summed E-state index contributed by atoms with van der Waals surface area (Å²) in [6.07, 6.45) is 0.337. The van der Waals surface area contributed by atoms with Gasteiger partial charge >= 0.3 is 5.97 Å². The zero-order valence-electron chi connectivity index (χ0n) is 9.74. The summed E-state index contributed by atoms with van der Waals surface area (Å²) in [5, 5.41) is 8.90. The number of para-hydroxylation sites is 1. The Morgan fingerprint density at radius 3 is 2.61 bits per heavy atom. The zero-order chi connectivity index (χ0) is 13.3. The fraction of sp³-hybridized carbons (Fsp3) is 0.364. The first-order chi connectivity index (χ1) is 8.48. The van der Waals surface area contributed by atoms with E-state index in [-0.39, 0.29) is 17.2 Å². The van der Waals surface area contributed by atoms with Gasteiger partial charge in [0.15, 0.2) is 0 Å². The van der Waals surface area contributed by atoms with Crippen LogP contribution in [0.4, 0.5) is 0 Å². The standard InChI is InChI=1S/C11H13NO5S/c1-17-9-4-2-3-5-10(9)18(15,16)12-7-6-8(12)11(13)14/h2-5,8H,6-7H2,1H3,(H,13,14)/t8-/m1/s1. The lowest BCUT2D eigenvalue weighted by molar-refractivity contribution is -0.144. The van der Waals surface area contributed by atoms with Crippen molar-refractivity contribution in [3.05, 3.63) is 24.3 Å². The number of carbonyl (C=O) groups is 1. The maximum Gasteiger partial charge on any atom is 0.322 e. The number of sulfonamides is 1. The second-order valence-corrected chi connectivity index (χ2v) is 5.77. The molecule has 0 amide bonds. The van der Waals surface area contributed by atoms with E-state index in [1.54, 1.807) is 12.1 Å². The predicted octanol–water partition coefficient (Wildman–Crippen LogP) is 0.543. The SMILES string of the molecule is COc1ccccc1S(=O)(=O)N1CC[C@@H]1C(=O)O. The van der Waals surface area contributed by atoms with E-state index in [9.17, 15) is 13.2 Å². The monoisotopic (exact) mass is 271 g/mol. The van der Waals surface area contributed by atoms with E-state index in [4.69, 9.17) is 9.84 Å². The van der Waals surface area contributed by atoms with Gasteiger partial charge in [-0.3, -0.25) is 4.79 Å². The van der Waals surface area contributed by atoms with E-state index >= 15 is 0 Å². The van der Waals surface area contributed by atoms with Crippen LogP contribution in [-0.2, 0) is 14.8 Å². The fourth-order valence-electron chi connectivity index (χ4n) is 1.86. The number of rotatable bonds is 4. The molecular weight excluding hydrogens is 258 g/mol. The Labute approximate surface area is 105 Å². The summed E-state index contributed by atoms with van der Waals surface area (Å²) in [4.78, 5) is 10.9. The largest absolute Gasteiger partial charge is 0.495 e. The molecule has 7 heteroatoms. The first-order valence-electron chi connectivity index (χ1n) is 5.36. The Hall–Kier alpha value is -1.60. The van der Waals surface area contributed by atoms with Gasteiger partial charge in [-0.25, -0.2) is 8.42 Å². The number of ether oxygens (including phenoxy) is 1. The van der Waals surface area contributed by atoms with E-state index in [2.05, 4.69) is 0 Å². The van der Waals surface area contributed by atoms with Gasteiger partial charge in [-0.1, -0.05) is 12.1 Å². The Bertz CT molecular complexity index is 569. The van der Waals surface area contributed by atoms with Crippen LogP contribution in [0.25, 0.3) is 0 Å². The van der Waals surface area contributed by atoms with Crippen LogP contribution >= 0.6 is 0 Å². The van der Waals surface area contributed by atoms with Crippen LogP contribution in [0.3, 0.4) is 0 Å². The van der Waals surface area contributed by atoms with Crippen LogP contribution in [0.5, 0.6) is 5.75 Å². The van der Waals surface area contributed by atoms with Crippen LogP contribution < -0.4 is 4.74 Å². The minimum Gasteiger partial charge on any atom is -0.495 e. The molecule has 2 rings (SSSR count). The van der Waals surface area contributed by atoms with Crippen molar-refractivity contribution in [2.45, 2.75) is 17.4 Å². The summed E-state index contributed by atoms with van der Waals surface area (Å²) in [5.41, 5.74) is 0. The summed E-state index contributed by atoms with van der Waals surface area (Å²) >= 11 is 0. The zero-order valence-corrected chi connectivity index (χ0v) is 10.6. The molecule has 1 fully saturated rings. The minimum atomic E-state index is -3.81. The third-order valence-corrected chi connectivity index (χ3v) is 4.86. The molecule has 1 aromatic rings. The minimum absolute atomic E-state index is 0.00144. The van der Waals surface area contributed by atoms with Crippen molar-refractivity contribution in [1.82, 2.24) is 4.31 Å². The number of carboxylic acid groups (broad SMARTS) is 1. The molecule has 18 heavy (non-hydrogen) atoms. The Morgan fingerprint density at radius 1 is 1.44 bits per heavy atom. The highest BCUT2D eigenvalue weighted by atomic mass is 32.2. The van der Waals surface area contributed by atoms with Gasteiger partial charge in [0.25, 0.3) is 0 Å². The number of aliphatic carboxylic acids is 1. The second kappa shape index (κ2) is 4.58. The normalized spacial score (nSPS) is 20.2. The molecule has 0 saturated carbocycles. The molecule has 0 bridgehead atoms. The Kier molecular flexibility index (Phi) is 3.27. The molecule has 1 aliphatic rings. The lowest BCUT2D eigenvalue weighted by Crippen LogP contribution is -2.54. The molecule has 0 radical (unpaired) electrons. The molecule has 98 valence electrons. The van der Waals surface area contributed by atoms with Crippen LogP contribution in [0.2, 0.25) is 0 Å². The van der Waals surface area contributed by atoms with Gasteiger partial charge in [0.05, 0.1) is 7.11 Å². The molecule has 1 aromatic carbocycles. The first-order valence-corrected chi connectivity index (χ1v) is 6.80. The van der Waals surface area contributed by atoms with E-state index in [0.29, 0.717) is 6.42 Å². The van der Waals surface area contributed by atoms with Gasteiger partial charge in [0.2, 0.25) is 10.0 Å². The summed E-state index contributed by atoms with van der Waals surface area (Å²) < 4.78 is 30.6. The molecule has 1 aliphatic heterocycles. The Morgan fingerprint density at radius 2 is 2.11 bits per heavy atom. The van der Waals surface area contributed by atoms with Crippen LogP contribution in [0.15, 0.2) is 29.2 Å². The highest BCUT2D eigenvalue weighted by Crippen LogP contribution is 2.31. The number of hydrogen-bond donors (Lipinski definition) is 1. The number of hydrogen-bond acceptors (Lipinski definition) is 4. The topological polar surface area (TPSA) is 83.9 Å². The highest BCUT2D eigenvalue weighted by Gasteiger charge is 2.43. The van der Waals surface area contributed by atoms with Crippen LogP contribution in [0, 0.1) is 0 Å². The molecule has 1 N–H and O–H groups in total. The first kappa shape index (κ1) is 12.8. The number of methoxy groups -OCH3 is 1. The average Bonchev–Trinajstić information content (AvgIpc) is 2.26. The Balaban J connectivity index is 2.40. The molecule has 0 unspecified atom stereocenters. The van der Waals surface area contributed by atoms with Gasteiger partial charge in [-0.2, -0.15) is 4.31 Å². The van der Waals surface area contributed by atoms with Crippen molar-refractivity contribution < 1.29 is 23.1 Å². The summed E-state index contributed by atoms with van der Waals surface area (Å²) in [5.74, 6) is -0.909. The molecule has 0 aliphatic carbocycles. The molecule has 6 nitrogen and oxygen atoms in total. The van der Waals surface area contributed by atoms with Gasteiger partial charge in [0.1, 0.15) is 16.7 Å². The third kappa shape index (κ3) is 1.95. The number of benzene rings is 1. The molecule has 1 saturated heterocycles. The van der Waals surface area contributed by atoms with Crippen LogP contribution in [-0.4, -0.2) is 43.5 Å². The quantitative estimate of drug-likeness (QED) is 0.864. The van der Waals surface area contributed by atoms with Gasteiger partial charge in [-0.05, 0) is 18.6 Å². The number of carboxylic acids is 1. The average molecular weight is 271 g/mol. The van der Waals surface area contributed by atoms with E-state index in [0.717, 1.165) is 4.31 Å². The van der Waals surface area contributed by atoms with Crippen molar-refractivity contribution in [3.63, 3.8) is 0 Å². The third-order valence-electron chi connectivity index (χ3n) is 2.91. The maximum absolute atomic E-state index is 12.3. The highest BCUT2D eigenvalue weighted by molar-refractivity contribution is 7.89. The van der Waals surface area contributed by atoms with E-state index < -0.39 is 22.0 Å². The van der Waals surface area contributed by atoms with Gasteiger partial charge in [-0.15, -0.1) is 0 Å². The molecular formula is C11H13NO5S. The molecule has 1 atom stereocenters. The summed E-state index contributed by atoms with van der Waals surface area (Å²) in [6.45, 7) is 0.220. The second-order valence-electron chi connectivity index (χ2n) is 3.91. The molecule has 0 aromatic heterocycles. The van der Waals surface area contributed by atoms with Crippen molar-refractivity contribution >= 4 is 16.0 Å². The maximum atomic E-state index is 12.3. The van der Waals surface area contributed by atoms with E-state index in [1.165, 1.54) is 19.2 Å². The molecule has 0 spiro atoms. The smallest absolute Gasteiger partial charge is 0.322 e. The van der Waals surface area contributed by atoms with E-state index in [1.807, 2.05) is 0 Å². The van der Waals surface area contributed by atoms with Crippen molar-refractivity contribution in [2.24, 2.45) is 0 Å². The lowest BCUT2D eigenvalue weighted by Gasteiger charge is -2.36. The van der Waals surface area contributed by atoms with Crippen molar-refractivity contribution in [1.29, 1.82) is 0 Å². The lowest BCUT2D eigenvalue weighted by atomic mass is 10.1. The fourth-order valence-corrected chi connectivity index (χ4v) is 3.64. The predicted molar refractivity (Wildman–Crippen MR) is 62.9 cm³/mol. The number of nitrogens with zero attached hydrogens (tertiary/aromatic N) is 1. The summed E-state index contributed by atoms with van der Waals surface area (Å²) in [6, 6.07) is 5.20. The van der Waals surface area contributed by atoms with Crippen molar-refractivity contribution in [2.75, 3.05) is 13.7 Å². The summed E-state index contributed by atoms with van der Waals surface area (Å²) in [7, 11) is -2.44. The van der Waals surface area contributed by atoms with Crippen molar-refractivity contribution in [3.8, 4) is 5.75 Å². The van der Waals surface area contributed by atoms with Crippen LogP contribution in [0.1, 0.15) is 6.42 Å². The van der Waals surface area contributed by atoms with Gasteiger partial charge < -0.3 is 9.84 Å².